The number of aromatic nitrogens is 3. The summed E-state index contributed by atoms with van der Waals surface area (Å²) in [6.45, 7) is 0. The number of rotatable bonds is 7. The molecule has 4 nitrogen and oxygen atoms in total. The van der Waals surface area contributed by atoms with Crippen molar-refractivity contribution in [3.05, 3.63) is 200 Å². The normalized spacial score (nSPS) is 10.9. The van der Waals surface area contributed by atoms with Gasteiger partial charge >= 0.3 is 0 Å². The molecular weight excluding hydrogens is 657 g/mol. The highest BCUT2D eigenvalue weighted by atomic mass is 15.0. The van der Waals surface area contributed by atoms with Crippen LogP contribution in [0.4, 0.5) is 0 Å². The first kappa shape index (κ1) is 32.4. The molecule has 9 aromatic rings. The summed E-state index contributed by atoms with van der Waals surface area (Å²) < 4.78 is 0. The topological polar surface area (TPSA) is 62.5 Å². The first-order valence-corrected chi connectivity index (χ1v) is 17.9. The summed E-state index contributed by atoms with van der Waals surface area (Å²) in [6.07, 6.45) is 0. The first-order valence-electron chi connectivity index (χ1n) is 17.9. The molecule has 9 rings (SSSR count). The number of hydrogen-bond donors (Lipinski definition) is 0. The van der Waals surface area contributed by atoms with Crippen molar-refractivity contribution in [1.29, 1.82) is 5.26 Å². The molecule has 252 valence electrons. The van der Waals surface area contributed by atoms with Crippen molar-refractivity contribution in [3.8, 4) is 84.7 Å². The molecule has 54 heavy (non-hydrogen) atoms. The molecule has 0 radical (unpaired) electrons. The molecule has 1 aromatic heterocycles. The summed E-state index contributed by atoms with van der Waals surface area (Å²) in [7, 11) is 0. The van der Waals surface area contributed by atoms with Crippen LogP contribution in [0.1, 0.15) is 5.56 Å². The predicted molar refractivity (Wildman–Crippen MR) is 220 cm³/mol. The van der Waals surface area contributed by atoms with Gasteiger partial charge in [0, 0.05) is 16.7 Å². The highest BCUT2D eigenvalue weighted by Crippen LogP contribution is 2.42. The van der Waals surface area contributed by atoms with Gasteiger partial charge in [-0.1, -0.05) is 158 Å². The van der Waals surface area contributed by atoms with Crippen LogP contribution in [-0.2, 0) is 0 Å². The van der Waals surface area contributed by atoms with E-state index in [4.69, 9.17) is 15.0 Å². The van der Waals surface area contributed by atoms with Crippen molar-refractivity contribution >= 4 is 10.8 Å². The first-order chi connectivity index (χ1) is 26.7. The maximum atomic E-state index is 9.44. The van der Waals surface area contributed by atoms with Gasteiger partial charge in [0.15, 0.2) is 17.5 Å². The lowest BCUT2D eigenvalue weighted by Gasteiger charge is -2.17. The molecule has 0 atom stereocenters. The van der Waals surface area contributed by atoms with Crippen LogP contribution in [0, 0.1) is 11.3 Å². The Kier molecular flexibility index (Phi) is 8.57. The van der Waals surface area contributed by atoms with E-state index in [-0.39, 0.29) is 0 Å². The number of benzene rings is 8. The number of hydrogen-bond acceptors (Lipinski definition) is 4. The van der Waals surface area contributed by atoms with E-state index in [0.29, 0.717) is 23.0 Å². The Balaban J connectivity index is 1.19. The van der Waals surface area contributed by atoms with E-state index in [1.807, 2.05) is 30.3 Å². The quantitative estimate of drug-likeness (QED) is 0.167. The fraction of sp³-hybridized carbons (Fsp3) is 0. The smallest absolute Gasteiger partial charge is 0.164 e. The van der Waals surface area contributed by atoms with Gasteiger partial charge in [-0.25, -0.2) is 15.0 Å². The molecule has 0 fully saturated rings. The minimum absolute atomic E-state index is 0.542. The highest BCUT2D eigenvalue weighted by molar-refractivity contribution is 5.98. The zero-order valence-corrected chi connectivity index (χ0v) is 29.3. The van der Waals surface area contributed by atoms with Crippen LogP contribution in [0.5, 0.6) is 0 Å². The SMILES string of the molecule is N#Cc1ccc(-c2nc(-c3ccc(-c4ccccc4)cc3)nc(-c3cccc(-c4cccc(-c5ccccc5)c4-c4ccc5ccccc5c4)c3)n2)cc1. The molecule has 0 bridgehead atoms. The molecule has 8 aromatic carbocycles. The minimum atomic E-state index is 0.542. The van der Waals surface area contributed by atoms with E-state index >= 15 is 0 Å². The Morgan fingerprint density at radius 3 is 1.44 bits per heavy atom. The second-order valence-electron chi connectivity index (χ2n) is 13.2. The maximum absolute atomic E-state index is 9.44. The standard InChI is InChI=1S/C50H32N4/c51-33-34-21-23-39(24-22-34)48-52-49(40-28-25-37(26-29-40)35-11-3-1-4-12-35)54-50(53-48)44-18-9-17-42(32-44)46-20-10-19-45(38-14-5-2-6-15-38)47(46)43-30-27-36-13-7-8-16-41(36)31-43/h1-32H. The Bertz CT molecular complexity index is 2800. The van der Waals surface area contributed by atoms with Crippen molar-refractivity contribution in [2.24, 2.45) is 0 Å². The summed E-state index contributed by atoms with van der Waals surface area (Å²) >= 11 is 0. The van der Waals surface area contributed by atoms with Crippen molar-refractivity contribution in [2.75, 3.05) is 0 Å². The van der Waals surface area contributed by atoms with E-state index < -0.39 is 0 Å². The maximum Gasteiger partial charge on any atom is 0.164 e. The number of nitrogens with zero attached hydrogens (tertiary/aromatic N) is 4. The van der Waals surface area contributed by atoms with E-state index in [9.17, 15) is 5.26 Å². The third-order valence-electron chi connectivity index (χ3n) is 9.78. The molecular formula is C50H32N4. The zero-order chi connectivity index (χ0) is 36.3. The van der Waals surface area contributed by atoms with Crippen molar-refractivity contribution in [1.82, 2.24) is 15.0 Å². The van der Waals surface area contributed by atoms with Crippen molar-refractivity contribution in [2.45, 2.75) is 0 Å². The Morgan fingerprint density at radius 2 is 0.778 bits per heavy atom. The van der Waals surface area contributed by atoms with E-state index in [0.717, 1.165) is 50.1 Å². The lowest BCUT2D eigenvalue weighted by Crippen LogP contribution is -2.00. The molecule has 0 saturated heterocycles. The lowest BCUT2D eigenvalue weighted by atomic mass is 9.86. The van der Waals surface area contributed by atoms with Gasteiger partial charge in [0.2, 0.25) is 0 Å². The van der Waals surface area contributed by atoms with Gasteiger partial charge in [-0.3, -0.25) is 0 Å². The summed E-state index contributed by atoms with van der Waals surface area (Å²) in [5.41, 5.74) is 12.2. The van der Waals surface area contributed by atoms with E-state index in [1.165, 1.54) is 21.9 Å². The van der Waals surface area contributed by atoms with Gasteiger partial charge in [-0.2, -0.15) is 5.26 Å². The second-order valence-corrected chi connectivity index (χ2v) is 13.2. The number of nitriles is 1. The van der Waals surface area contributed by atoms with Gasteiger partial charge < -0.3 is 0 Å². The molecule has 0 amide bonds. The summed E-state index contributed by atoms with van der Waals surface area (Å²) in [5.74, 6) is 1.69. The highest BCUT2D eigenvalue weighted by Gasteiger charge is 2.17. The van der Waals surface area contributed by atoms with Crippen LogP contribution in [0.15, 0.2) is 194 Å². The van der Waals surface area contributed by atoms with Gasteiger partial charge in [0.25, 0.3) is 0 Å². The van der Waals surface area contributed by atoms with Crippen LogP contribution >= 0.6 is 0 Å². The van der Waals surface area contributed by atoms with Crippen LogP contribution in [0.3, 0.4) is 0 Å². The van der Waals surface area contributed by atoms with Crippen molar-refractivity contribution < 1.29 is 0 Å². The molecule has 0 spiro atoms. The van der Waals surface area contributed by atoms with Gasteiger partial charge in [-0.05, 0) is 91.7 Å². The molecule has 4 heteroatoms. The van der Waals surface area contributed by atoms with E-state index in [2.05, 4.69) is 158 Å². The third kappa shape index (κ3) is 6.43. The number of fused-ring (bicyclic) bond motifs is 1. The van der Waals surface area contributed by atoms with Gasteiger partial charge in [0.1, 0.15) is 0 Å². The predicted octanol–water partition coefficient (Wildman–Crippen LogP) is 12.6. The molecule has 0 aliphatic carbocycles. The van der Waals surface area contributed by atoms with Crippen LogP contribution in [0.2, 0.25) is 0 Å². The van der Waals surface area contributed by atoms with Crippen molar-refractivity contribution in [3.63, 3.8) is 0 Å². The van der Waals surface area contributed by atoms with Crippen LogP contribution < -0.4 is 0 Å². The average Bonchev–Trinajstić information content (AvgIpc) is 3.26. The summed E-state index contributed by atoms with van der Waals surface area (Å²) in [5, 5.41) is 11.8. The van der Waals surface area contributed by atoms with Crippen LogP contribution in [-0.4, -0.2) is 15.0 Å². The molecule has 0 N–H and O–H groups in total. The second kappa shape index (κ2) is 14.3. The largest absolute Gasteiger partial charge is 0.208 e. The zero-order valence-electron chi connectivity index (χ0n) is 29.3. The summed E-state index contributed by atoms with van der Waals surface area (Å²) in [6, 6.07) is 69.0. The molecule has 0 aliphatic heterocycles. The van der Waals surface area contributed by atoms with Gasteiger partial charge in [0.05, 0.1) is 11.6 Å². The Morgan fingerprint density at radius 1 is 0.315 bits per heavy atom. The Labute approximate surface area is 314 Å². The molecule has 0 aliphatic rings. The minimum Gasteiger partial charge on any atom is -0.208 e. The molecule has 0 saturated carbocycles. The Hall–Kier alpha value is -7.48. The molecule has 1 heterocycles. The fourth-order valence-corrected chi connectivity index (χ4v) is 7.03. The average molecular weight is 689 g/mol. The van der Waals surface area contributed by atoms with Gasteiger partial charge in [-0.15, -0.1) is 0 Å². The van der Waals surface area contributed by atoms with E-state index in [1.54, 1.807) is 12.1 Å². The summed E-state index contributed by atoms with van der Waals surface area (Å²) in [4.78, 5) is 15.1. The molecule has 0 unspecified atom stereocenters. The fourth-order valence-electron chi connectivity index (χ4n) is 7.03. The monoisotopic (exact) mass is 688 g/mol. The van der Waals surface area contributed by atoms with Crippen LogP contribution in [0.25, 0.3) is 89.4 Å². The lowest BCUT2D eigenvalue weighted by molar-refractivity contribution is 1.07. The third-order valence-corrected chi connectivity index (χ3v) is 9.78.